The van der Waals surface area contributed by atoms with Crippen LogP contribution >= 0.6 is 0 Å². The summed E-state index contributed by atoms with van der Waals surface area (Å²) in [5, 5.41) is 9.63. The second-order valence-corrected chi connectivity index (χ2v) is 5.33. The molecule has 0 bridgehead atoms. The smallest absolute Gasteiger partial charge is 0.0902 e. The van der Waals surface area contributed by atoms with Crippen molar-refractivity contribution in [1.29, 1.82) is 5.26 Å². The summed E-state index contributed by atoms with van der Waals surface area (Å²) in [7, 11) is 0. The van der Waals surface area contributed by atoms with Gasteiger partial charge < -0.3 is 0 Å². The summed E-state index contributed by atoms with van der Waals surface area (Å²) in [4.78, 5) is 0. The van der Waals surface area contributed by atoms with E-state index in [9.17, 15) is 5.26 Å². The van der Waals surface area contributed by atoms with Gasteiger partial charge in [-0.3, -0.25) is 0 Å². The molecule has 1 heteroatoms. The number of hydrogen-bond donors (Lipinski definition) is 0. The average molecular weight is 295 g/mol. The van der Waals surface area contributed by atoms with Crippen molar-refractivity contribution in [3.05, 3.63) is 114 Å². The topological polar surface area (TPSA) is 23.8 Å². The Morgan fingerprint density at radius 2 is 1.13 bits per heavy atom. The van der Waals surface area contributed by atoms with Crippen molar-refractivity contribution in [3.8, 4) is 6.07 Å². The standard InChI is InChI=1S/C22H17N/c23-17-21(18-10-4-1-5-11-18)16-22(19-12-6-2-7-13-19)20-14-8-3-9-15-20/h1-16,21H/t21-/m1/s1. The van der Waals surface area contributed by atoms with Crippen LogP contribution in [-0.2, 0) is 0 Å². The summed E-state index contributed by atoms with van der Waals surface area (Å²) in [6.07, 6.45) is 2.06. The highest BCUT2D eigenvalue weighted by Crippen LogP contribution is 2.28. The monoisotopic (exact) mass is 295 g/mol. The lowest BCUT2D eigenvalue weighted by atomic mass is 9.91. The van der Waals surface area contributed by atoms with E-state index in [0.29, 0.717) is 0 Å². The molecule has 0 radical (unpaired) electrons. The molecular formula is C22H17N. The molecule has 0 heterocycles. The van der Waals surface area contributed by atoms with Crippen molar-refractivity contribution in [3.63, 3.8) is 0 Å². The molecule has 110 valence electrons. The highest BCUT2D eigenvalue weighted by Gasteiger charge is 2.11. The first kappa shape index (κ1) is 14.8. The van der Waals surface area contributed by atoms with Gasteiger partial charge in [-0.25, -0.2) is 0 Å². The van der Waals surface area contributed by atoms with Crippen LogP contribution in [0.5, 0.6) is 0 Å². The molecule has 0 aromatic heterocycles. The number of nitrogens with zero attached hydrogens (tertiary/aromatic N) is 1. The van der Waals surface area contributed by atoms with E-state index < -0.39 is 0 Å². The second-order valence-electron chi connectivity index (χ2n) is 5.33. The third kappa shape index (κ3) is 3.56. The molecule has 1 nitrogen and oxygen atoms in total. The Hall–Kier alpha value is -3.11. The minimum atomic E-state index is -0.272. The van der Waals surface area contributed by atoms with Crippen molar-refractivity contribution < 1.29 is 0 Å². The maximum Gasteiger partial charge on any atom is 0.0902 e. The largest absolute Gasteiger partial charge is 0.197 e. The third-order valence-electron chi connectivity index (χ3n) is 3.80. The van der Waals surface area contributed by atoms with Gasteiger partial charge in [0.1, 0.15) is 0 Å². The first-order valence-corrected chi connectivity index (χ1v) is 7.66. The molecule has 0 amide bonds. The first-order valence-electron chi connectivity index (χ1n) is 7.66. The van der Waals surface area contributed by atoms with E-state index in [4.69, 9.17) is 0 Å². The minimum Gasteiger partial charge on any atom is -0.197 e. The zero-order valence-corrected chi connectivity index (χ0v) is 12.8. The zero-order valence-electron chi connectivity index (χ0n) is 12.8. The molecule has 0 fully saturated rings. The summed E-state index contributed by atoms with van der Waals surface area (Å²) >= 11 is 0. The molecule has 0 aliphatic rings. The van der Waals surface area contributed by atoms with Crippen molar-refractivity contribution >= 4 is 5.57 Å². The van der Waals surface area contributed by atoms with E-state index in [1.54, 1.807) is 0 Å². The molecule has 3 aromatic carbocycles. The predicted molar refractivity (Wildman–Crippen MR) is 94.8 cm³/mol. The fourth-order valence-electron chi connectivity index (χ4n) is 2.63. The van der Waals surface area contributed by atoms with Crippen LogP contribution in [0.4, 0.5) is 0 Å². The van der Waals surface area contributed by atoms with Crippen molar-refractivity contribution in [2.75, 3.05) is 0 Å². The molecule has 3 aromatic rings. The number of hydrogen-bond acceptors (Lipinski definition) is 1. The number of rotatable bonds is 4. The van der Waals surface area contributed by atoms with Crippen molar-refractivity contribution in [2.24, 2.45) is 0 Å². The maximum atomic E-state index is 9.63. The Morgan fingerprint density at radius 3 is 1.57 bits per heavy atom. The van der Waals surface area contributed by atoms with Gasteiger partial charge in [-0.05, 0) is 22.3 Å². The van der Waals surface area contributed by atoms with Crippen LogP contribution in [0.1, 0.15) is 22.6 Å². The fourth-order valence-corrected chi connectivity index (χ4v) is 2.63. The summed E-state index contributed by atoms with van der Waals surface area (Å²) < 4.78 is 0. The van der Waals surface area contributed by atoms with Crippen LogP contribution in [0.15, 0.2) is 97.1 Å². The van der Waals surface area contributed by atoms with Crippen LogP contribution in [-0.4, -0.2) is 0 Å². The average Bonchev–Trinajstić information content (AvgIpc) is 2.65. The van der Waals surface area contributed by atoms with E-state index in [2.05, 4.69) is 36.4 Å². The highest BCUT2D eigenvalue weighted by atomic mass is 14.3. The normalized spacial score (nSPS) is 11.3. The van der Waals surface area contributed by atoms with E-state index in [1.807, 2.05) is 66.7 Å². The Morgan fingerprint density at radius 1 is 0.696 bits per heavy atom. The van der Waals surface area contributed by atoms with Crippen LogP contribution < -0.4 is 0 Å². The lowest BCUT2D eigenvalue weighted by Gasteiger charge is -2.12. The van der Waals surface area contributed by atoms with Crippen LogP contribution in [0, 0.1) is 11.3 Å². The molecule has 3 rings (SSSR count). The molecular weight excluding hydrogens is 278 g/mol. The summed E-state index contributed by atoms with van der Waals surface area (Å²) in [5.41, 5.74) is 4.34. The van der Waals surface area contributed by atoms with Gasteiger partial charge in [0.2, 0.25) is 0 Å². The van der Waals surface area contributed by atoms with Crippen molar-refractivity contribution in [1.82, 2.24) is 0 Å². The molecule has 23 heavy (non-hydrogen) atoms. The molecule has 0 N–H and O–H groups in total. The maximum absolute atomic E-state index is 9.63. The van der Waals surface area contributed by atoms with Crippen LogP contribution in [0.25, 0.3) is 5.57 Å². The Balaban J connectivity index is 2.10. The lowest BCUT2D eigenvalue weighted by Crippen LogP contribution is -1.95. The molecule has 0 aliphatic carbocycles. The zero-order chi connectivity index (χ0) is 15.9. The first-order chi connectivity index (χ1) is 11.4. The van der Waals surface area contributed by atoms with Gasteiger partial charge in [0.05, 0.1) is 12.0 Å². The van der Waals surface area contributed by atoms with E-state index in [-0.39, 0.29) is 5.92 Å². The fraction of sp³-hybridized carbons (Fsp3) is 0.0455. The third-order valence-corrected chi connectivity index (χ3v) is 3.80. The minimum absolute atomic E-state index is 0.272. The molecule has 0 saturated carbocycles. The lowest BCUT2D eigenvalue weighted by molar-refractivity contribution is 1.09. The molecule has 1 atom stereocenters. The van der Waals surface area contributed by atoms with Gasteiger partial charge in [-0.2, -0.15) is 5.26 Å². The Bertz CT molecular complexity index is 771. The summed E-state index contributed by atoms with van der Waals surface area (Å²) in [6.45, 7) is 0. The van der Waals surface area contributed by atoms with Crippen molar-refractivity contribution in [2.45, 2.75) is 5.92 Å². The second kappa shape index (κ2) is 7.24. The predicted octanol–water partition coefficient (Wildman–Crippen LogP) is 5.43. The quantitative estimate of drug-likeness (QED) is 0.630. The number of allylic oxidation sites excluding steroid dienone is 1. The van der Waals surface area contributed by atoms with Crippen LogP contribution in [0.3, 0.4) is 0 Å². The van der Waals surface area contributed by atoms with Gasteiger partial charge in [-0.15, -0.1) is 0 Å². The van der Waals surface area contributed by atoms with Gasteiger partial charge in [-0.1, -0.05) is 97.1 Å². The molecule has 0 aliphatic heterocycles. The molecule has 0 unspecified atom stereocenters. The molecule has 0 saturated heterocycles. The highest BCUT2D eigenvalue weighted by molar-refractivity contribution is 5.80. The Kier molecular flexibility index (Phi) is 4.66. The van der Waals surface area contributed by atoms with Gasteiger partial charge >= 0.3 is 0 Å². The van der Waals surface area contributed by atoms with Gasteiger partial charge in [0, 0.05) is 0 Å². The van der Waals surface area contributed by atoms with Crippen LogP contribution in [0.2, 0.25) is 0 Å². The van der Waals surface area contributed by atoms with Gasteiger partial charge in [0.15, 0.2) is 0 Å². The molecule has 0 spiro atoms. The van der Waals surface area contributed by atoms with E-state index >= 15 is 0 Å². The SMILES string of the molecule is N#C[C@@H](C=C(c1ccccc1)c1ccccc1)c1ccccc1. The van der Waals surface area contributed by atoms with E-state index in [0.717, 1.165) is 22.3 Å². The van der Waals surface area contributed by atoms with E-state index in [1.165, 1.54) is 0 Å². The Labute approximate surface area is 137 Å². The van der Waals surface area contributed by atoms with Gasteiger partial charge in [0.25, 0.3) is 0 Å². The number of nitriles is 1. The summed E-state index contributed by atoms with van der Waals surface area (Å²) in [5.74, 6) is -0.272. The number of benzene rings is 3. The summed E-state index contributed by atoms with van der Waals surface area (Å²) in [6, 6.07) is 32.7.